The molecule has 1 N–H and O–H groups in total. The van der Waals surface area contributed by atoms with Crippen molar-refractivity contribution in [2.24, 2.45) is 0 Å². The molecule has 1 unspecified atom stereocenters. The van der Waals surface area contributed by atoms with Gasteiger partial charge in [0.1, 0.15) is 0 Å². The quantitative estimate of drug-likeness (QED) is 0.779. The van der Waals surface area contributed by atoms with Crippen molar-refractivity contribution in [1.82, 2.24) is 9.97 Å². The van der Waals surface area contributed by atoms with Crippen molar-refractivity contribution in [2.75, 3.05) is 0 Å². The first kappa shape index (κ1) is 11.4. The second-order valence-electron chi connectivity index (χ2n) is 4.72. The number of aliphatic hydroxyl groups excluding tert-OH is 1. The Kier molecular flexibility index (Phi) is 3.07. The van der Waals surface area contributed by atoms with E-state index in [1.165, 1.54) is 0 Å². The van der Waals surface area contributed by atoms with Gasteiger partial charge in [-0.1, -0.05) is 36.8 Å². The molecule has 0 saturated carbocycles. The highest BCUT2D eigenvalue weighted by atomic mass is 16.3. The van der Waals surface area contributed by atoms with Crippen LogP contribution in [-0.4, -0.2) is 15.1 Å². The van der Waals surface area contributed by atoms with E-state index in [0.29, 0.717) is 0 Å². The molecule has 0 saturated heterocycles. The number of aliphatic hydroxyl groups is 1. The van der Waals surface area contributed by atoms with E-state index < -0.39 is 6.10 Å². The van der Waals surface area contributed by atoms with Crippen LogP contribution in [0.1, 0.15) is 36.6 Å². The van der Waals surface area contributed by atoms with E-state index in [1.54, 1.807) is 6.20 Å². The molecular weight excluding hydrogens is 224 g/mol. The monoisotopic (exact) mass is 240 g/mol. The van der Waals surface area contributed by atoms with Crippen molar-refractivity contribution < 1.29 is 5.11 Å². The molecule has 1 aliphatic carbocycles. The third-order valence-corrected chi connectivity index (χ3v) is 3.43. The van der Waals surface area contributed by atoms with E-state index >= 15 is 0 Å². The van der Waals surface area contributed by atoms with Gasteiger partial charge in [0.25, 0.3) is 0 Å². The van der Waals surface area contributed by atoms with E-state index in [-0.39, 0.29) is 0 Å². The molecule has 18 heavy (non-hydrogen) atoms. The van der Waals surface area contributed by atoms with Crippen LogP contribution in [0.4, 0.5) is 0 Å². The number of fused-ring (bicyclic) bond motifs is 1. The maximum atomic E-state index is 10.0. The molecule has 1 aromatic heterocycles. The Bertz CT molecular complexity index is 539. The topological polar surface area (TPSA) is 46.0 Å². The first-order valence-corrected chi connectivity index (χ1v) is 6.44. The summed E-state index contributed by atoms with van der Waals surface area (Å²) in [5.74, 6) is 0.753. The fourth-order valence-corrected chi connectivity index (χ4v) is 2.42. The van der Waals surface area contributed by atoms with E-state index in [2.05, 4.69) is 9.97 Å². The van der Waals surface area contributed by atoms with E-state index in [1.807, 2.05) is 30.3 Å². The van der Waals surface area contributed by atoms with Crippen LogP contribution in [0.5, 0.6) is 0 Å². The Labute approximate surface area is 107 Å². The number of hydrogen-bond donors (Lipinski definition) is 1. The summed E-state index contributed by atoms with van der Waals surface area (Å²) in [7, 11) is 0. The van der Waals surface area contributed by atoms with Crippen LogP contribution in [-0.2, 0) is 6.42 Å². The summed E-state index contributed by atoms with van der Waals surface area (Å²) in [6, 6.07) is 9.97. The lowest BCUT2D eigenvalue weighted by atomic mass is 10.1. The molecular formula is C15H16N2O. The highest BCUT2D eigenvalue weighted by molar-refractivity contribution is 5.54. The van der Waals surface area contributed by atoms with Crippen LogP contribution in [0.3, 0.4) is 0 Å². The number of aromatic nitrogens is 2. The number of rotatable bonds is 1. The maximum Gasteiger partial charge on any atom is 0.159 e. The molecule has 1 atom stereocenters. The van der Waals surface area contributed by atoms with E-state index in [0.717, 1.165) is 48.3 Å². The standard InChI is InChI=1S/C15H16N2O/c18-14-9-5-4-8-13-12(14)10-16-15(17-13)11-6-2-1-3-7-11/h1-3,6-7,10,14,18H,4-5,8-9H2. The van der Waals surface area contributed by atoms with Crippen LogP contribution in [0.25, 0.3) is 11.4 Å². The summed E-state index contributed by atoms with van der Waals surface area (Å²) in [6.45, 7) is 0. The van der Waals surface area contributed by atoms with Gasteiger partial charge in [0.15, 0.2) is 5.82 Å². The first-order chi connectivity index (χ1) is 8.84. The average Bonchev–Trinajstić information content (AvgIpc) is 2.61. The minimum atomic E-state index is -0.396. The van der Waals surface area contributed by atoms with E-state index in [4.69, 9.17) is 0 Å². The van der Waals surface area contributed by atoms with Crippen molar-refractivity contribution in [2.45, 2.75) is 31.8 Å². The van der Waals surface area contributed by atoms with Crippen LogP contribution in [0.15, 0.2) is 36.5 Å². The van der Waals surface area contributed by atoms with Crippen molar-refractivity contribution in [3.8, 4) is 11.4 Å². The molecule has 92 valence electrons. The van der Waals surface area contributed by atoms with Crippen LogP contribution >= 0.6 is 0 Å². The van der Waals surface area contributed by atoms with Crippen molar-refractivity contribution in [1.29, 1.82) is 0 Å². The Balaban J connectivity index is 2.03. The summed E-state index contributed by atoms with van der Waals surface area (Å²) in [5.41, 5.74) is 2.94. The van der Waals surface area contributed by atoms with Crippen molar-refractivity contribution in [3.05, 3.63) is 47.8 Å². The highest BCUT2D eigenvalue weighted by Gasteiger charge is 2.18. The molecule has 2 aromatic rings. The summed E-state index contributed by atoms with van der Waals surface area (Å²) < 4.78 is 0. The van der Waals surface area contributed by atoms with Crippen molar-refractivity contribution >= 4 is 0 Å². The maximum absolute atomic E-state index is 10.0. The smallest absolute Gasteiger partial charge is 0.159 e. The molecule has 3 rings (SSSR count). The predicted molar refractivity (Wildman–Crippen MR) is 70.0 cm³/mol. The predicted octanol–water partition coefficient (Wildman–Crippen LogP) is 2.90. The summed E-state index contributed by atoms with van der Waals surface area (Å²) >= 11 is 0. The lowest BCUT2D eigenvalue weighted by molar-refractivity contribution is 0.166. The third-order valence-electron chi connectivity index (χ3n) is 3.43. The minimum Gasteiger partial charge on any atom is -0.388 e. The lowest BCUT2D eigenvalue weighted by Crippen LogP contribution is -2.04. The van der Waals surface area contributed by atoms with Gasteiger partial charge in [0.2, 0.25) is 0 Å². The Hall–Kier alpha value is -1.74. The molecule has 1 heterocycles. The second-order valence-corrected chi connectivity index (χ2v) is 4.72. The number of benzene rings is 1. The van der Waals surface area contributed by atoms with Gasteiger partial charge in [0, 0.05) is 17.3 Å². The Morgan fingerprint density at radius 3 is 2.78 bits per heavy atom. The van der Waals surface area contributed by atoms with Gasteiger partial charge in [-0.2, -0.15) is 0 Å². The first-order valence-electron chi connectivity index (χ1n) is 6.44. The molecule has 1 aromatic carbocycles. The van der Waals surface area contributed by atoms with Crippen LogP contribution < -0.4 is 0 Å². The molecule has 0 radical (unpaired) electrons. The number of hydrogen-bond acceptors (Lipinski definition) is 3. The van der Waals surface area contributed by atoms with Gasteiger partial charge in [-0.15, -0.1) is 0 Å². The summed E-state index contributed by atoms with van der Waals surface area (Å²) in [6.07, 6.45) is 5.30. The molecule has 1 aliphatic rings. The van der Waals surface area contributed by atoms with Gasteiger partial charge < -0.3 is 5.11 Å². The average molecular weight is 240 g/mol. The molecule has 0 fully saturated rings. The Morgan fingerprint density at radius 2 is 1.94 bits per heavy atom. The van der Waals surface area contributed by atoms with Gasteiger partial charge in [0.05, 0.1) is 11.8 Å². The SMILES string of the molecule is OC1CCCCc2nc(-c3ccccc3)ncc21. The van der Waals surface area contributed by atoms with Gasteiger partial charge >= 0.3 is 0 Å². The number of nitrogens with zero attached hydrogens (tertiary/aromatic N) is 2. The van der Waals surface area contributed by atoms with Gasteiger partial charge in [-0.05, 0) is 19.3 Å². The lowest BCUT2D eigenvalue weighted by Gasteiger charge is -2.11. The molecule has 0 amide bonds. The fraction of sp³-hybridized carbons (Fsp3) is 0.333. The molecule has 3 nitrogen and oxygen atoms in total. The molecule has 0 aliphatic heterocycles. The van der Waals surface area contributed by atoms with Crippen LogP contribution in [0.2, 0.25) is 0 Å². The third kappa shape index (κ3) is 2.14. The zero-order valence-electron chi connectivity index (χ0n) is 10.2. The normalized spacial score (nSPS) is 19.1. The van der Waals surface area contributed by atoms with Crippen molar-refractivity contribution in [3.63, 3.8) is 0 Å². The second kappa shape index (κ2) is 4.86. The number of aryl methyl sites for hydroxylation is 1. The minimum absolute atomic E-state index is 0.396. The zero-order valence-corrected chi connectivity index (χ0v) is 10.2. The molecule has 3 heteroatoms. The Morgan fingerprint density at radius 1 is 1.11 bits per heavy atom. The summed E-state index contributed by atoms with van der Waals surface area (Å²) in [4.78, 5) is 9.01. The fourth-order valence-electron chi connectivity index (χ4n) is 2.42. The van der Waals surface area contributed by atoms with Crippen LogP contribution in [0, 0.1) is 0 Å². The molecule has 0 spiro atoms. The zero-order chi connectivity index (χ0) is 12.4. The summed E-state index contributed by atoms with van der Waals surface area (Å²) in [5, 5.41) is 10.0. The molecule has 0 bridgehead atoms. The van der Waals surface area contributed by atoms with Gasteiger partial charge in [-0.3, -0.25) is 0 Å². The van der Waals surface area contributed by atoms with E-state index in [9.17, 15) is 5.11 Å². The highest BCUT2D eigenvalue weighted by Crippen LogP contribution is 2.28. The largest absolute Gasteiger partial charge is 0.388 e. The van der Waals surface area contributed by atoms with Gasteiger partial charge in [-0.25, -0.2) is 9.97 Å².